The molecule has 0 amide bonds. The molecule has 0 aliphatic carbocycles. The molecular weight excluding hydrogens is 226 g/mol. The van der Waals surface area contributed by atoms with Gasteiger partial charge in [0.25, 0.3) is 6.43 Å². The van der Waals surface area contributed by atoms with E-state index in [0.29, 0.717) is 0 Å². The van der Waals surface area contributed by atoms with Crippen LogP contribution in [0.1, 0.15) is 17.8 Å². The number of rotatable bonds is 3. The number of halogens is 3. The van der Waals surface area contributed by atoms with E-state index < -0.39 is 12.1 Å². The molecule has 1 aromatic rings. The Morgan fingerprint density at radius 3 is 2.80 bits per heavy atom. The van der Waals surface area contributed by atoms with Gasteiger partial charge >= 0.3 is 0 Å². The molecule has 0 aliphatic heterocycles. The van der Waals surface area contributed by atoms with Gasteiger partial charge in [-0.3, -0.25) is 0 Å². The summed E-state index contributed by atoms with van der Waals surface area (Å²) in [6, 6.07) is 3.15. The zero-order chi connectivity index (χ0) is 11.4. The standard InChI is InChI=1S/C9H7ClF2N2O/c1-15-8-6(10)4-5(2-3-13)14-7(8)9(11)12/h4,9H,2H2,1H3. The predicted molar refractivity (Wildman–Crippen MR) is 50.1 cm³/mol. The van der Waals surface area contributed by atoms with Crippen LogP contribution in [-0.2, 0) is 6.42 Å². The van der Waals surface area contributed by atoms with Crippen LogP contribution in [0.5, 0.6) is 5.75 Å². The first-order valence-corrected chi connectivity index (χ1v) is 4.36. The molecule has 15 heavy (non-hydrogen) atoms. The average Bonchev–Trinajstić information content (AvgIpc) is 2.17. The fourth-order valence-electron chi connectivity index (χ4n) is 1.09. The highest BCUT2D eigenvalue weighted by Crippen LogP contribution is 2.34. The van der Waals surface area contributed by atoms with Crippen molar-refractivity contribution in [2.45, 2.75) is 12.8 Å². The monoisotopic (exact) mass is 232 g/mol. The van der Waals surface area contributed by atoms with Gasteiger partial charge < -0.3 is 4.74 Å². The van der Waals surface area contributed by atoms with Crippen molar-refractivity contribution in [2.75, 3.05) is 7.11 Å². The number of hydrogen-bond donors (Lipinski definition) is 0. The van der Waals surface area contributed by atoms with Crippen LogP contribution < -0.4 is 4.74 Å². The summed E-state index contributed by atoms with van der Waals surface area (Å²) in [5.41, 5.74) is -0.325. The molecule has 0 bridgehead atoms. The molecule has 0 radical (unpaired) electrons. The van der Waals surface area contributed by atoms with Crippen LogP contribution in [-0.4, -0.2) is 12.1 Å². The normalized spacial score (nSPS) is 10.1. The van der Waals surface area contributed by atoms with Crippen LogP contribution in [0.15, 0.2) is 6.07 Å². The van der Waals surface area contributed by atoms with Crippen molar-refractivity contribution >= 4 is 11.6 Å². The molecule has 1 rings (SSSR count). The number of nitrogens with zero attached hydrogens (tertiary/aromatic N) is 2. The van der Waals surface area contributed by atoms with Crippen molar-refractivity contribution in [3.05, 3.63) is 22.5 Å². The summed E-state index contributed by atoms with van der Waals surface area (Å²) in [5, 5.41) is 8.45. The summed E-state index contributed by atoms with van der Waals surface area (Å²) in [6.45, 7) is 0. The Morgan fingerprint density at radius 2 is 2.33 bits per heavy atom. The molecule has 0 fully saturated rings. The van der Waals surface area contributed by atoms with E-state index in [1.54, 1.807) is 0 Å². The largest absolute Gasteiger partial charge is 0.493 e. The van der Waals surface area contributed by atoms with E-state index in [-0.39, 0.29) is 22.9 Å². The van der Waals surface area contributed by atoms with Gasteiger partial charge in [0.2, 0.25) is 0 Å². The van der Waals surface area contributed by atoms with Crippen molar-refractivity contribution in [3.8, 4) is 11.8 Å². The van der Waals surface area contributed by atoms with Crippen LogP contribution in [0, 0.1) is 11.3 Å². The highest BCUT2D eigenvalue weighted by atomic mass is 35.5. The fourth-order valence-corrected chi connectivity index (χ4v) is 1.39. The number of aromatic nitrogens is 1. The zero-order valence-electron chi connectivity index (χ0n) is 7.80. The smallest absolute Gasteiger partial charge is 0.284 e. The number of methoxy groups -OCH3 is 1. The summed E-state index contributed by atoms with van der Waals surface area (Å²) in [6.07, 6.45) is -2.85. The summed E-state index contributed by atoms with van der Waals surface area (Å²) >= 11 is 5.71. The Labute approximate surface area is 90.3 Å². The average molecular weight is 233 g/mol. The second-order valence-corrected chi connectivity index (χ2v) is 3.06. The van der Waals surface area contributed by atoms with Gasteiger partial charge in [0.05, 0.1) is 30.3 Å². The quantitative estimate of drug-likeness (QED) is 0.805. The molecular formula is C9H7ClF2N2O. The molecule has 0 atom stereocenters. The van der Waals surface area contributed by atoms with Gasteiger partial charge in [0.15, 0.2) is 5.75 Å². The van der Waals surface area contributed by atoms with Gasteiger partial charge in [-0.05, 0) is 6.07 Å². The van der Waals surface area contributed by atoms with Gasteiger partial charge in [0, 0.05) is 0 Å². The van der Waals surface area contributed by atoms with Crippen molar-refractivity contribution in [1.29, 1.82) is 5.26 Å². The zero-order valence-corrected chi connectivity index (χ0v) is 8.55. The van der Waals surface area contributed by atoms with Crippen LogP contribution in [0.2, 0.25) is 5.02 Å². The number of ether oxygens (including phenoxy) is 1. The van der Waals surface area contributed by atoms with E-state index in [1.807, 2.05) is 6.07 Å². The first-order valence-electron chi connectivity index (χ1n) is 3.98. The van der Waals surface area contributed by atoms with Gasteiger partial charge in [0.1, 0.15) is 5.69 Å². The van der Waals surface area contributed by atoms with Crippen LogP contribution >= 0.6 is 11.6 Å². The molecule has 1 aromatic heterocycles. The van der Waals surface area contributed by atoms with Gasteiger partial charge in [-0.15, -0.1) is 0 Å². The minimum absolute atomic E-state index is 0.0352. The van der Waals surface area contributed by atoms with Crippen molar-refractivity contribution in [2.24, 2.45) is 0 Å². The number of hydrogen-bond acceptors (Lipinski definition) is 3. The molecule has 0 unspecified atom stereocenters. The maximum absolute atomic E-state index is 12.5. The molecule has 3 nitrogen and oxygen atoms in total. The van der Waals surface area contributed by atoms with Gasteiger partial charge in [-0.1, -0.05) is 11.6 Å². The summed E-state index contributed by atoms with van der Waals surface area (Å²) in [7, 11) is 1.23. The maximum Gasteiger partial charge on any atom is 0.284 e. The lowest BCUT2D eigenvalue weighted by Crippen LogP contribution is -2.00. The Bertz CT molecular complexity index is 404. The topological polar surface area (TPSA) is 45.9 Å². The second kappa shape index (κ2) is 4.89. The molecule has 1 heterocycles. The van der Waals surface area contributed by atoms with E-state index in [1.165, 1.54) is 13.2 Å². The van der Waals surface area contributed by atoms with Gasteiger partial charge in [-0.2, -0.15) is 5.26 Å². The predicted octanol–water partition coefficient (Wildman–Crippen LogP) is 2.75. The third-order valence-corrected chi connectivity index (χ3v) is 1.96. The van der Waals surface area contributed by atoms with Crippen LogP contribution in [0.4, 0.5) is 8.78 Å². The van der Waals surface area contributed by atoms with E-state index in [2.05, 4.69) is 4.98 Å². The molecule has 0 aromatic carbocycles. The first kappa shape index (κ1) is 11.7. The Morgan fingerprint density at radius 1 is 1.67 bits per heavy atom. The third-order valence-electron chi connectivity index (χ3n) is 1.68. The van der Waals surface area contributed by atoms with E-state index in [0.717, 1.165) is 0 Å². The van der Waals surface area contributed by atoms with E-state index in [9.17, 15) is 8.78 Å². The lowest BCUT2D eigenvalue weighted by Gasteiger charge is -2.09. The van der Waals surface area contributed by atoms with E-state index >= 15 is 0 Å². The van der Waals surface area contributed by atoms with Crippen molar-refractivity contribution in [1.82, 2.24) is 4.98 Å². The highest BCUT2D eigenvalue weighted by molar-refractivity contribution is 6.32. The molecule has 6 heteroatoms. The Hall–Kier alpha value is -1.41. The highest BCUT2D eigenvalue weighted by Gasteiger charge is 2.19. The molecule has 0 aliphatic rings. The maximum atomic E-state index is 12.5. The third kappa shape index (κ3) is 2.54. The van der Waals surface area contributed by atoms with Gasteiger partial charge in [-0.25, -0.2) is 13.8 Å². The summed E-state index contributed by atoms with van der Waals surface area (Å²) in [4.78, 5) is 3.61. The van der Waals surface area contributed by atoms with Crippen LogP contribution in [0.3, 0.4) is 0 Å². The molecule has 0 saturated carbocycles. The fraction of sp³-hybridized carbons (Fsp3) is 0.333. The lowest BCUT2D eigenvalue weighted by molar-refractivity contribution is 0.141. The number of alkyl halides is 2. The summed E-state index contributed by atoms with van der Waals surface area (Å²) < 4.78 is 29.8. The number of nitriles is 1. The molecule has 0 saturated heterocycles. The lowest BCUT2D eigenvalue weighted by atomic mass is 10.2. The Kier molecular flexibility index (Phi) is 3.81. The molecule has 80 valence electrons. The van der Waals surface area contributed by atoms with Crippen LogP contribution in [0.25, 0.3) is 0 Å². The van der Waals surface area contributed by atoms with E-state index in [4.69, 9.17) is 21.6 Å². The second-order valence-electron chi connectivity index (χ2n) is 2.65. The molecule has 0 spiro atoms. The SMILES string of the molecule is COc1c(Cl)cc(CC#N)nc1C(F)F. The first-order chi connectivity index (χ1) is 7.10. The molecule has 0 N–H and O–H groups in total. The van der Waals surface area contributed by atoms with Crippen molar-refractivity contribution < 1.29 is 13.5 Å². The van der Waals surface area contributed by atoms with Crippen molar-refractivity contribution in [3.63, 3.8) is 0 Å². The minimum atomic E-state index is -2.78. The summed E-state index contributed by atoms with van der Waals surface area (Å²) in [5.74, 6) is -0.145. The number of pyridine rings is 1. The Balaban J connectivity index is 3.27. The minimum Gasteiger partial charge on any atom is -0.493 e.